The number of hydrogen-bond acceptors (Lipinski definition) is 1. The molecule has 1 heteroatoms. The predicted octanol–water partition coefficient (Wildman–Crippen LogP) is 4.65. The molecule has 0 bridgehead atoms. The van der Waals surface area contributed by atoms with Crippen LogP contribution in [0, 0.1) is 6.92 Å². The fourth-order valence-corrected chi connectivity index (χ4v) is 2.12. The molecule has 102 valence electrons. The van der Waals surface area contributed by atoms with Crippen LogP contribution in [0.15, 0.2) is 18.2 Å². The topological polar surface area (TPSA) is 9.23 Å². The van der Waals surface area contributed by atoms with E-state index in [2.05, 4.69) is 59.7 Å². The van der Waals surface area contributed by atoms with Crippen molar-refractivity contribution in [2.45, 2.75) is 65.9 Å². The van der Waals surface area contributed by atoms with Crippen LogP contribution < -0.4 is 0 Å². The fraction of sp³-hybridized carbons (Fsp3) is 0.647. The first-order valence-corrected chi connectivity index (χ1v) is 7.05. The first-order chi connectivity index (χ1) is 8.32. The van der Waals surface area contributed by atoms with Gasteiger partial charge in [0.1, 0.15) is 0 Å². The summed E-state index contributed by atoms with van der Waals surface area (Å²) in [6.07, 6.45) is 2.40. The summed E-state index contributed by atoms with van der Waals surface area (Å²) in [5.74, 6) is 0. The Bertz CT molecular complexity index is 374. The molecule has 0 heterocycles. The lowest BCUT2D eigenvalue weighted by molar-refractivity contribution is 0.0669. The van der Waals surface area contributed by atoms with Gasteiger partial charge in [-0.05, 0) is 43.2 Å². The van der Waals surface area contributed by atoms with Gasteiger partial charge in [0.2, 0.25) is 0 Å². The monoisotopic (exact) mass is 248 g/mol. The SMILES string of the molecule is CCCOC(C)Cc1cc(C)cc(C(C)(C)C)c1. The molecule has 0 spiro atoms. The van der Waals surface area contributed by atoms with Gasteiger partial charge in [-0.1, -0.05) is 51.5 Å². The third-order valence-electron chi connectivity index (χ3n) is 3.13. The smallest absolute Gasteiger partial charge is 0.0587 e. The van der Waals surface area contributed by atoms with Crippen molar-refractivity contribution in [3.63, 3.8) is 0 Å². The van der Waals surface area contributed by atoms with E-state index >= 15 is 0 Å². The maximum atomic E-state index is 5.76. The lowest BCUT2D eigenvalue weighted by atomic mass is 9.84. The molecule has 18 heavy (non-hydrogen) atoms. The Hall–Kier alpha value is -0.820. The van der Waals surface area contributed by atoms with Gasteiger partial charge in [0.05, 0.1) is 6.10 Å². The molecule has 1 nitrogen and oxygen atoms in total. The molecule has 0 saturated carbocycles. The summed E-state index contributed by atoms with van der Waals surface area (Å²) in [7, 11) is 0. The maximum absolute atomic E-state index is 5.76. The normalized spacial score (nSPS) is 13.7. The highest BCUT2D eigenvalue weighted by Crippen LogP contribution is 2.25. The van der Waals surface area contributed by atoms with Crippen LogP contribution in [0.5, 0.6) is 0 Å². The third-order valence-corrected chi connectivity index (χ3v) is 3.13. The second-order valence-electron chi connectivity index (χ2n) is 6.34. The van der Waals surface area contributed by atoms with E-state index in [4.69, 9.17) is 4.74 Å². The first kappa shape index (κ1) is 15.2. The van der Waals surface area contributed by atoms with Crippen LogP contribution in [-0.4, -0.2) is 12.7 Å². The van der Waals surface area contributed by atoms with E-state index in [1.807, 2.05) is 0 Å². The van der Waals surface area contributed by atoms with Gasteiger partial charge in [-0.3, -0.25) is 0 Å². The Kier molecular flexibility index (Phi) is 5.40. The Balaban J connectivity index is 2.80. The summed E-state index contributed by atoms with van der Waals surface area (Å²) in [5.41, 5.74) is 4.37. The molecular formula is C17H28O. The van der Waals surface area contributed by atoms with Crippen LogP contribution in [0.1, 0.15) is 57.7 Å². The molecule has 0 amide bonds. The molecule has 0 saturated heterocycles. The minimum Gasteiger partial charge on any atom is -0.378 e. The summed E-state index contributed by atoms with van der Waals surface area (Å²) in [5, 5.41) is 0. The zero-order valence-corrected chi connectivity index (χ0v) is 12.8. The third kappa shape index (κ3) is 4.81. The minimum atomic E-state index is 0.217. The van der Waals surface area contributed by atoms with Crippen molar-refractivity contribution in [2.75, 3.05) is 6.61 Å². The van der Waals surface area contributed by atoms with Gasteiger partial charge in [0, 0.05) is 6.61 Å². The van der Waals surface area contributed by atoms with E-state index in [9.17, 15) is 0 Å². The molecule has 1 aromatic rings. The van der Waals surface area contributed by atoms with Gasteiger partial charge in [0.15, 0.2) is 0 Å². The van der Waals surface area contributed by atoms with E-state index in [-0.39, 0.29) is 5.41 Å². The van der Waals surface area contributed by atoms with E-state index < -0.39 is 0 Å². The average molecular weight is 248 g/mol. The summed E-state index contributed by atoms with van der Waals surface area (Å²) < 4.78 is 5.76. The van der Waals surface area contributed by atoms with Crippen LogP contribution in [0.4, 0.5) is 0 Å². The Labute approximate surface area is 113 Å². The van der Waals surface area contributed by atoms with Crippen LogP contribution >= 0.6 is 0 Å². The van der Waals surface area contributed by atoms with Crippen LogP contribution in [0.25, 0.3) is 0 Å². The first-order valence-electron chi connectivity index (χ1n) is 7.05. The second-order valence-corrected chi connectivity index (χ2v) is 6.34. The van der Waals surface area contributed by atoms with Crippen LogP contribution in [-0.2, 0) is 16.6 Å². The van der Waals surface area contributed by atoms with E-state index in [0.717, 1.165) is 19.4 Å². The van der Waals surface area contributed by atoms with Crippen LogP contribution in [0.2, 0.25) is 0 Å². The van der Waals surface area contributed by atoms with Crippen molar-refractivity contribution in [2.24, 2.45) is 0 Å². The van der Waals surface area contributed by atoms with Gasteiger partial charge in [-0.25, -0.2) is 0 Å². The number of hydrogen-bond donors (Lipinski definition) is 0. The van der Waals surface area contributed by atoms with E-state index in [1.54, 1.807) is 0 Å². The van der Waals surface area contributed by atoms with Gasteiger partial charge in [-0.2, -0.15) is 0 Å². The van der Waals surface area contributed by atoms with Crippen molar-refractivity contribution < 1.29 is 4.74 Å². The van der Waals surface area contributed by atoms with Crippen molar-refractivity contribution >= 4 is 0 Å². The Morgan fingerprint density at radius 1 is 1.17 bits per heavy atom. The number of benzene rings is 1. The standard InChI is InChI=1S/C17H28O/c1-7-8-18-14(3)11-15-9-13(2)10-16(12-15)17(4,5)6/h9-10,12,14H,7-8,11H2,1-6H3. The molecule has 1 unspecified atom stereocenters. The predicted molar refractivity (Wildman–Crippen MR) is 79.3 cm³/mol. The van der Waals surface area contributed by atoms with Gasteiger partial charge < -0.3 is 4.74 Å². The summed E-state index contributed by atoms with van der Waals surface area (Å²) in [6, 6.07) is 6.90. The van der Waals surface area contributed by atoms with Crippen molar-refractivity contribution in [3.05, 3.63) is 34.9 Å². The molecule has 0 aromatic heterocycles. The Morgan fingerprint density at radius 3 is 2.39 bits per heavy atom. The molecule has 0 radical (unpaired) electrons. The van der Waals surface area contributed by atoms with Gasteiger partial charge >= 0.3 is 0 Å². The van der Waals surface area contributed by atoms with Crippen LogP contribution in [0.3, 0.4) is 0 Å². The quantitative estimate of drug-likeness (QED) is 0.737. The largest absolute Gasteiger partial charge is 0.378 e. The zero-order chi connectivity index (χ0) is 13.8. The zero-order valence-electron chi connectivity index (χ0n) is 12.8. The molecule has 1 atom stereocenters. The summed E-state index contributed by atoms with van der Waals surface area (Å²) >= 11 is 0. The number of rotatable bonds is 5. The highest BCUT2D eigenvalue weighted by Gasteiger charge is 2.15. The summed E-state index contributed by atoms with van der Waals surface area (Å²) in [4.78, 5) is 0. The lowest BCUT2D eigenvalue weighted by Gasteiger charge is -2.21. The second kappa shape index (κ2) is 6.38. The molecule has 0 N–H and O–H groups in total. The molecule has 1 aromatic carbocycles. The van der Waals surface area contributed by atoms with Gasteiger partial charge in [-0.15, -0.1) is 0 Å². The number of aryl methyl sites for hydroxylation is 1. The summed E-state index contributed by atoms with van der Waals surface area (Å²) in [6.45, 7) is 14.1. The molecule has 0 fully saturated rings. The highest BCUT2D eigenvalue weighted by molar-refractivity contribution is 5.33. The van der Waals surface area contributed by atoms with E-state index in [1.165, 1.54) is 16.7 Å². The number of ether oxygens (including phenoxy) is 1. The highest BCUT2D eigenvalue weighted by atomic mass is 16.5. The average Bonchev–Trinajstić information content (AvgIpc) is 2.24. The molecular weight excluding hydrogens is 220 g/mol. The van der Waals surface area contributed by atoms with Crippen molar-refractivity contribution in [1.82, 2.24) is 0 Å². The van der Waals surface area contributed by atoms with Gasteiger partial charge in [0.25, 0.3) is 0 Å². The van der Waals surface area contributed by atoms with Crippen molar-refractivity contribution in [1.29, 1.82) is 0 Å². The molecule has 1 rings (SSSR count). The fourth-order valence-electron chi connectivity index (χ4n) is 2.12. The minimum absolute atomic E-state index is 0.217. The van der Waals surface area contributed by atoms with E-state index in [0.29, 0.717) is 6.10 Å². The molecule has 0 aliphatic carbocycles. The Morgan fingerprint density at radius 2 is 1.83 bits per heavy atom. The lowest BCUT2D eigenvalue weighted by Crippen LogP contribution is -2.15. The molecule has 0 aliphatic rings. The molecule has 0 aliphatic heterocycles. The maximum Gasteiger partial charge on any atom is 0.0587 e. The van der Waals surface area contributed by atoms with Crippen molar-refractivity contribution in [3.8, 4) is 0 Å².